The fraction of sp³-hybridized carbons (Fsp3) is 0.778. The maximum absolute atomic E-state index is 11.5. The van der Waals surface area contributed by atoms with E-state index in [1.54, 1.807) is 0 Å². The summed E-state index contributed by atoms with van der Waals surface area (Å²) >= 11 is 6.79. The molecule has 1 aliphatic heterocycles. The van der Waals surface area contributed by atoms with Crippen molar-refractivity contribution < 1.29 is 14.3 Å². The molecule has 86 valence electrons. The van der Waals surface area contributed by atoms with E-state index in [1.165, 1.54) is 0 Å². The van der Waals surface area contributed by atoms with E-state index < -0.39 is 18.0 Å². The van der Waals surface area contributed by atoms with Crippen molar-refractivity contribution in [3.63, 3.8) is 0 Å². The quantitative estimate of drug-likeness (QED) is 0.478. The third kappa shape index (κ3) is 3.53. The van der Waals surface area contributed by atoms with Crippen LogP contribution in [-0.4, -0.2) is 34.2 Å². The number of esters is 2. The second-order valence-electron chi connectivity index (χ2n) is 3.39. The Labute approximate surface area is 105 Å². The van der Waals surface area contributed by atoms with Crippen molar-refractivity contribution in [3.8, 4) is 0 Å². The summed E-state index contributed by atoms with van der Waals surface area (Å²) in [4.78, 5) is 22.8. The number of carbonyl (C=O) groups excluding carboxylic acids is 2. The summed E-state index contributed by atoms with van der Waals surface area (Å²) < 4.78 is 4.70. The molecular formula is C9H13Br2NO3. The summed E-state index contributed by atoms with van der Waals surface area (Å²) in [6.45, 7) is 2.54. The summed E-state index contributed by atoms with van der Waals surface area (Å²) in [7, 11) is 0. The van der Waals surface area contributed by atoms with Crippen LogP contribution in [0.1, 0.15) is 19.8 Å². The molecule has 1 rings (SSSR count). The number of halogens is 2. The molecule has 0 aromatic carbocycles. The summed E-state index contributed by atoms with van der Waals surface area (Å²) in [5, 5.41) is 2.98. The molecule has 0 aromatic rings. The monoisotopic (exact) mass is 341 g/mol. The summed E-state index contributed by atoms with van der Waals surface area (Å²) in [5.74, 6) is -0.959. The molecule has 15 heavy (non-hydrogen) atoms. The van der Waals surface area contributed by atoms with Crippen molar-refractivity contribution in [1.82, 2.24) is 5.32 Å². The molecule has 0 spiro atoms. The number of ether oxygens (including phenoxy) is 1. The highest BCUT2D eigenvalue weighted by molar-refractivity contribution is 9.12. The van der Waals surface area contributed by atoms with Crippen LogP contribution in [0.15, 0.2) is 0 Å². The van der Waals surface area contributed by atoms with Gasteiger partial charge in [0.1, 0.15) is 6.04 Å². The zero-order valence-corrected chi connectivity index (χ0v) is 11.5. The molecule has 0 amide bonds. The lowest BCUT2D eigenvalue weighted by Crippen LogP contribution is -2.39. The van der Waals surface area contributed by atoms with Gasteiger partial charge in [0.2, 0.25) is 0 Å². The summed E-state index contributed by atoms with van der Waals surface area (Å²) in [6.07, 6.45) is 0.964. The Bertz CT molecular complexity index is 260. The molecule has 1 N–H and O–H groups in total. The number of hydrogen-bond donors (Lipinski definition) is 1. The minimum Gasteiger partial charge on any atom is -0.392 e. The fourth-order valence-corrected chi connectivity index (χ4v) is 2.40. The van der Waals surface area contributed by atoms with E-state index >= 15 is 0 Å². The molecular weight excluding hydrogens is 330 g/mol. The van der Waals surface area contributed by atoms with Crippen LogP contribution >= 0.6 is 31.9 Å². The van der Waals surface area contributed by atoms with Crippen molar-refractivity contribution in [2.24, 2.45) is 0 Å². The first-order valence-electron chi connectivity index (χ1n) is 4.82. The highest BCUT2D eigenvalue weighted by atomic mass is 79.9. The van der Waals surface area contributed by atoms with Gasteiger partial charge in [0.05, 0.1) is 4.83 Å². The molecule has 2 unspecified atom stereocenters. The Kier molecular flexibility index (Phi) is 5.22. The number of hydrogen-bond acceptors (Lipinski definition) is 4. The Morgan fingerprint density at radius 1 is 1.47 bits per heavy atom. The maximum atomic E-state index is 11.5. The normalized spacial score (nSPS) is 30.2. The first-order valence-corrected chi connectivity index (χ1v) is 6.65. The fourth-order valence-electron chi connectivity index (χ4n) is 1.32. The van der Waals surface area contributed by atoms with E-state index in [9.17, 15) is 9.59 Å². The van der Waals surface area contributed by atoms with E-state index in [4.69, 9.17) is 4.74 Å². The van der Waals surface area contributed by atoms with Crippen molar-refractivity contribution in [2.45, 2.75) is 35.5 Å². The van der Waals surface area contributed by atoms with Crippen molar-refractivity contribution in [2.75, 3.05) is 6.54 Å². The first-order chi connectivity index (χ1) is 7.06. The minimum absolute atomic E-state index is 0.0422. The highest BCUT2D eigenvalue weighted by Crippen LogP contribution is 2.23. The first kappa shape index (κ1) is 13.1. The predicted molar refractivity (Wildman–Crippen MR) is 63.2 cm³/mol. The van der Waals surface area contributed by atoms with Crippen LogP contribution < -0.4 is 5.32 Å². The van der Waals surface area contributed by atoms with Crippen LogP contribution in [0.2, 0.25) is 0 Å². The van der Waals surface area contributed by atoms with Crippen molar-refractivity contribution in [3.05, 3.63) is 0 Å². The van der Waals surface area contributed by atoms with Gasteiger partial charge in [0.25, 0.3) is 0 Å². The molecule has 0 aromatic heterocycles. The third-order valence-corrected chi connectivity index (χ3v) is 4.89. The van der Waals surface area contributed by atoms with E-state index in [0.29, 0.717) is 13.0 Å². The molecule has 0 saturated carbocycles. The predicted octanol–water partition coefficient (Wildman–Crippen LogP) is 1.36. The maximum Gasteiger partial charge on any atom is 0.331 e. The van der Waals surface area contributed by atoms with Gasteiger partial charge < -0.3 is 10.1 Å². The van der Waals surface area contributed by atoms with Gasteiger partial charge in [-0.25, -0.2) is 4.79 Å². The van der Waals surface area contributed by atoms with Crippen LogP contribution in [0.4, 0.5) is 0 Å². The van der Waals surface area contributed by atoms with Gasteiger partial charge in [-0.05, 0) is 6.42 Å². The number of rotatable bonds is 3. The second kappa shape index (κ2) is 5.96. The lowest BCUT2D eigenvalue weighted by atomic mass is 10.2. The van der Waals surface area contributed by atoms with E-state index in [2.05, 4.69) is 37.2 Å². The molecule has 1 fully saturated rings. The van der Waals surface area contributed by atoms with Gasteiger partial charge in [-0.3, -0.25) is 4.79 Å². The Morgan fingerprint density at radius 2 is 2.13 bits per heavy atom. The van der Waals surface area contributed by atoms with Crippen molar-refractivity contribution in [1.29, 1.82) is 0 Å². The van der Waals surface area contributed by atoms with Gasteiger partial charge in [0.15, 0.2) is 0 Å². The highest BCUT2D eigenvalue weighted by Gasteiger charge is 2.38. The smallest absolute Gasteiger partial charge is 0.331 e. The SMILES string of the molecule is CCCC(=O)OC(=O)[C@H]1NCC(Br)C1Br. The molecule has 1 heterocycles. The molecule has 1 saturated heterocycles. The zero-order valence-electron chi connectivity index (χ0n) is 8.33. The minimum atomic E-state index is -0.503. The molecule has 3 atom stereocenters. The Hall–Kier alpha value is 0.0600. The third-order valence-electron chi connectivity index (χ3n) is 2.12. The van der Waals surface area contributed by atoms with Gasteiger partial charge in [-0.15, -0.1) is 0 Å². The van der Waals surface area contributed by atoms with E-state index in [1.807, 2.05) is 6.92 Å². The lowest BCUT2D eigenvalue weighted by Gasteiger charge is -2.13. The Morgan fingerprint density at radius 3 is 2.60 bits per heavy atom. The van der Waals surface area contributed by atoms with Crippen LogP contribution in [0, 0.1) is 0 Å². The van der Waals surface area contributed by atoms with Gasteiger partial charge in [-0.1, -0.05) is 38.8 Å². The van der Waals surface area contributed by atoms with Crippen molar-refractivity contribution >= 4 is 43.8 Å². The van der Waals surface area contributed by atoms with Crippen LogP contribution in [-0.2, 0) is 14.3 Å². The molecule has 0 bridgehead atoms. The molecule has 4 nitrogen and oxygen atoms in total. The number of alkyl halides is 2. The number of carbonyl (C=O) groups is 2. The van der Waals surface area contributed by atoms with Crippen LogP contribution in [0.25, 0.3) is 0 Å². The van der Waals surface area contributed by atoms with Gasteiger partial charge in [-0.2, -0.15) is 0 Å². The largest absolute Gasteiger partial charge is 0.392 e. The van der Waals surface area contributed by atoms with Crippen LogP contribution in [0.3, 0.4) is 0 Å². The standard InChI is InChI=1S/C9H13Br2NO3/c1-2-3-6(13)15-9(14)8-7(11)5(10)4-12-8/h5,7-8,12H,2-4H2,1H3/t5?,7?,8-/m0/s1. The Balaban J connectivity index is 2.44. The number of nitrogens with one attached hydrogen (secondary N) is 1. The summed E-state index contributed by atoms with van der Waals surface area (Å²) in [5.41, 5.74) is 0. The van der Waals surface area contributed by atoms with Gasteiger partial charge >= 0.3 is 11.9 Å². The molecule has 1 aliphatic rings. The second-order valence-corrected chi connectivity index (χ2v) is 5.62. The van der Waals surface area contributed by atoms with Gasteiger partial charge in [0, 0.05) is 17.8 Å². The molecule has 0 aliphatic carbocycles. The lowest BCUT2D eigenvalue weighted by molar-refractivity contribution is -0.160. The average Bonchev–Trinajstić information content (AvgIpc) is 2.48. The van der Waals surface area contributed by atoms with Crippen LogP contribution in [0.5, 0.6) is 0 Å². The topological polar surface area (TPSA) is 55.4 Å². The molecule has 0 radical (unpaired) electrons. The van der Waals surface area contributed by atoms with E-state index in [0.717, 1.165) is 0 Å². The zero-order chi connectivity index (χ0) is 11.4. The van der Waals surface area contributed by atoms with E-state index in [-0.39, 0.29) is 16.1 Å². The summed E-state index contributed by atoms with van der Waals surface area (Å²) in [6, 6.07) is -0.449. The average molecular weight is 343 g/mol. The molecule has 6 heteroatoms.